The van der Waals surface area contributed by atoms with E-state index >= 15 is 0 Å². The Morgan fingerprint density at radius 2 is 1.78 bits per heavy atom. The van der Waals surface area contributed by atoms with Gasteiger partial charge in [-0.25, -0.2) is 22.8 Å². The van der Waals surface area contributed by atoms with E-state index in [1.807, 2.05) is 39.8 Å². The molecule has 2 aromatic rings. The van der Waals surface area contributed by atoms with Crippen molar-refractivity contribution >= 4 is 28.0 Å². The van der Waals surface area contributed by atoms with E-state index in [-0.39, 0.29) is 35.9 Å². The van der Waals surface area contributed by atoms with Crippen molar-refractivity contribution in [3.05, 3.63) is 47.4 Å². The maximum absolute atomic E-state index is 13.5. The monoisotopic (exact) mass is 463 g/mol. The van der Waals surface area contributed by atoms with E-state index in [4.69, 9.17) is 5.11 Å². The van der Waals surface area contributed by atoms with Crippen molar-refractivity contribution in [2.75, 3.05) is 11.0 Å². The predicted octanol–water partition coefficient (Wildman–Crippen LogP) is 4.93. The van der Waals surface area contributed by atoms with Gasteiger partial charge in [-0.2, -0.15) is 0 Å². The van der Waals surface area contributed by atoms with Gasteiger partial charge >= 0.3 is 5.97 Å². The predicted molar refractivity (Wildman–Crippen MR) is 124 cm³/mol. The number of nitrogens with one attached hydrogen (secondary N) is 1. The molecule has 0 spiro atoms. The zero-order valence-electron chi connectivity index (χ0n) is 19.0. The Kier molecular flexibility index (Phi) is 8.49. The lowest BCUT2D eigenvalue weighted by Crippen LogP contribution is -2.15. The first-order chi connectivity index (χ1) is 14.9. The number of halogens is 1. The number of hydrogen-bond donors (Lipinski definition) is 2. The summed E-state index contributed by atoms with van der Waals surface area (Å²) in [6.45, 7) is 7.78. The van der Waals surface area contributed by atoms with Crippen LogP contribution in [0.2, 0.25) is 0 Å². The van der Waals surface area contributed by atoms with E-state index in [9.17, 15) is 17.6 Å². The van der Waals surface area contributed by atoms with E-state index in [0.29, 0.717) is 28.9 Å². The number of aromatic nitrogens is 2. The molecule has 32 heavy (non-hydrogen) atoms. The van der Waals surface area contributed by atoms with Crippen LogP contribution in [0.4, 0.5) is 10.3 Å². The fraction of sp³-hybridized carbons (Fsp3) is 0.435. The molecule has 7 nitrogen and oxygen atoms in total. The molecule has 2 atom stereocenters. The molecule has 0 fully saturated rings. The molecule has 2 N–H and O–H groups in total. The molecule has 0 aliphatic carbocycles. The number of aliphatic carboxylic acids is 1. The maximum Gasteiger partial charge on any atom is 0.303 e. The number of carboxylic acid groups (broad SMARTS) is 1. The lowest BCUT2D eigenvalue weighted by molar-refractivity contribution is -0.138. The summed E-state index contributed by atoms with van der Waals surface area (Å²) in [6, 6.07) is 5.81. The first-order valence-corrected chi connectivity index (χ1v) is 12.3. The Hall–Kier alpha value is -2.81. The smallest absolute Gasteiger partial charge is 0.303 e. The minimum atomic E-state index is -3.59. The number of carboxylic acids is 1. The number of anilines is 1. The minimum Gasteiger partial charge on any atom is -0.481 e. The third-order valence-electron chi connectivity index (χ3n) is 4.81. The van der Waals surface area contributed by atoms with E-state index in [1.54, 1.807) is 12.1 Å². The van der Waals surface area contributed by atoms with Crippen LogP contribution in [0.5, 0.6) is 0 Å². The molecule has 0 bridgehead atoms. The second kappa shape index (κ2) is 10.7. The Labute approximate surface area is 188 Å². The van der Waals surface area contributed by atoms with Crippen LogP contribution < -0.4 is 4.72 Å². The van der Waals surface area contributed by atoms with E-state index in [1.165, 1.54) is 12.1 Å². The maximum atomic E-state index is 13.5. The van der Waals surface area contributed by atoms with Gasteiger partial charge in [-0.05, 0) is 48.4 Å². The van der Waals surface area contributed by atoms with Crippen molar-refractivity contribution in [3.8, 4) is 11.3 Å². The molecule has 2 rings (SSSR count). The third kappa shape index (κ3) is 7.71. The highest BCUT2D eigenvalue weighted by Gasteiger charge is 2.19. The Bertz CT molecular complexity index is 1080. The average Bonchev–Trinajstić information content (AvgIpc) is 2.64. The van der Waals surface area contributed by atoms with Crippen LogP contribution in [-0.4, -0.2) is 35.7 Å². The summed E-state index contributed by atoms with van der Waals surface area (Å²) in [5.74, 6) is -1.18. The number of benzene rings is 1. The first-order valence-electron chi connectivity index (χ1n) is 10.4. The summed E-state index contributed by atoms with van der Waals surface area (Å²) in [4.78, 5) is 19.8. The average molecular weight is 464 g/mol. The van der Waals surface area contributed by atoms with Gasteiger partial charge in [-0.15, -0.1) is 0 Å². The molecular formula is C23H30FN3O4S. The Morgan fingerprint density at radius 3 is 2.31 bits per heavy atom. The molecule has 0 saturated heterocycles. The highest BCUT2D eigenvalue weighted by molar-refractivity contribution is 7.91. The number of sulfonamides is 1. The van der Waals surface area contributed by atoms with Crippen molar-refractivity contribution in [2.45, 2.75) is 46.5 Å². The van der Waals surface area contributed by atoms with Crippen LogP contribution in [0.3, 0.4) is 0 Å². The van der Waals surface area contributed by atoms with Gasteiger partial charge in [0.25, 0.3) is 0 Å². The first kappa shape index (κ1) is 25.5. The molecule has 9 heteroatoms. The number of nitrogens with zero attached hydrogens (tertiary/aromatic N) is 2. The highest BCUT2D eigenvalue weighted by atomic mass is 32.2. The van der Waals surface area contributed by atoms with Crippen molar-refractivity contribution < 1.29 is 22.7 Å². The second-order valence-electron chi connectivity index (χ2n) is 8.51. The van der Waals surface area contributed by atoms with Gasteiger partial charge in [0.05, 0.1) is 17.6 Å². The van der Waals surface area contributed by atoms with Crippen molar-refractivity contribution in [1.82, 2.24) is 9.97 Å². The lowest BCUT2D eigenvalue weighted by atomic mass is 9.92. The minimum absolute atomic E-state index is 0.0193. The molecule has 1 heterocycles. The van der Waals surface area contributed by atoms with Crippen LogP contribution in [0.25, 0.3) is 17.3 Å². The zero-order chi connectivity index (χ0) is 24.1. The molecule has 0 amide bonds. The molecule has 0 saturated carbocycles. The second-order valence-corrected chi connectivity index (χ2v) is 10.3. The number of hydrogen-bond acceptors (Lipinski definition) is 5. The van der Waals surface area contributed by atoms with Gasteiger partial charge < -0.3 is 5.11 Å². The van der Waals surface area contributed by atoms with Gasteiger partial charge in [0.1, 0.15) is 5.82 Å². The molecular weight excluding hydrogens is 433 g/mol. The molecule has 174 valence electrons. The largest absolute Gasteiger partial charge is 0.481 e. The fourth-order valence-electron chi connectivity index (χ4n) is 3.49. The topological polar surface area (TPSA) is 109 Å². The van der Waals surface area contributed by atoms with E-state index in [0.717, 1.165) is 6.26 Å². The molecule has 0 aliphatic rings. The SMILES string of the molecule is CC(C)c1nc(NS(C)(=O)=O)nc(-c2ccc(F)cc2)c1/C=C/[C@@H](C)C[C@@H](C)CC(=O)O. The van der Waals surface area contributed by atoms with Gasteiger partial charge in [0, 0.05) is 17.5 Å². The fourth-order valence-corrected chi connectivity index (χ4v) is 3.91. The van der Waals surface area contributed by atoms with Crippen LogP contribution in [0.1, 0.15) is 57.7 Å². The Balaban J connectivity index is 2.55. The quantitative estimate of drug-likeness (QED) is 0.517. The van der Waals surface area contributed by atoms with Crippen LogP contribution in [0.15, 0.2) is 30.3 Å². The van der Waals surface area contributed by atoms with Gasteiger partial charge in [-0.1, -0.05) is 39.8 Å². The Morgan fingerprint density at radius 1 is 1.16 bits per heavy atom. The number of carbonyl (C=O) groups is 1. The summed E-state index contributed by atoms with van der Waals surface area (Å²) in [7, 11) is -3.59. The van der Waals surface area contributed by atoms with Crippen molar-refractivity contribution in [1.29, 1.82) is 0 Å². The van der Waals surface area contributed by atoms with Crippen LogP contribution in [0, 0.1) is 17.7 Å². The highest BCUT2D eigenvalue weighted by Crippen LogP contribution is 2.31. The number of rotatable bonds is 10. The van der Waals surface area contributed by atoms with Gasteiger partial charge in [-0.3, -0.25) is 9.52 Å². The summed E-state index contributed by atoms with van der Waals surface area (Å²) in [6.07, 6.45) is 5.68. The van der Waals surface area contributed by atoms with Crippen LogP contribution >= 0.6 is 0 Å². The lowest BCUT2D eigenvalue weighted by Gasteiger charge is -2.17. The van der Waals surface area contributed by atoms with E-state index < -0.39 is 16.0 Å². The summed E-state index contributed by atoms with van der Waals surface area (Å²) in [5.41, 5.74) is 2.46. The molecule has 0 unspecified atom stereocenters. The zero-order valence-corrected chi connectivity index (χ0v) is 19.8. The normalized spacial score (nSPS) is 14.0. The third-order valence-corrected chi connectivity index (χ3v) is 5.36. The molecule has 1 aromatic carbocycles. The van der Waals surface area contributed by atoms with Crippen molar-refractivity contribution in [3.63, 3.8) is 0 Å². The number of allylic oxidation sites excluding steroid dienone is 1. The summed E-state index contributed by atoms with van der Waals surface area (Å²) < 4.78 is 39.3. The van der Waals surface area contributed by atoms with Crippen molar-refractivity contribution in [2.24, 2.45) is 11.8 Å². The van der Waals surface area contributed by atoms with Gasteiger partial charge in [0.15, 0.2) is 0 Å². The summed E-state index contributed by atoms with van der Waals surface area (Å²) >= 11 is 0. The van der Waals surface area contributed by atoms with Gasteiger partial charge in [0.2, 0.25) is 16.0 Å². The summed E-state index contributed by atoms with van der Waals surface area (Å²) in [5, 5.41) is 8.98. The standard InChI is InChI=1S/C23H30FN3O4S/c1-14(2)21-19(11-6-15(3)12-16(4)13-20(28)29)22(17-7-9-18(24)10-8-17)26-23(25-21)27-32(5,30)31/h6-11,14-16H,12-13H2,1-5H3,(H,28,29)(H,25,26,27)/b11-6+/t15-,16-/m1/s1. The van der Waals surface area contributed by atoms with Crippen LogP contribution in [-0.2, 0) is 14.8 Å². The molecule has 0 radical (unpaired) electrons. The molecule has 0 aliphatic heterocycles. The molecule has 1 aromatic heterocycles. The van der Waals surface area contributed by atoms with E-state index in [2.05, 4.69) is 14.7 Å².